The molecule has 1 atom stereocenters. The van der Waals surface area contributed by atoms with Crippen molar-refractivity contribution in [2.75, 3.05) is 35.6 Å². The number of rotatable bonds is 8. The number of hydrogen-bond donors (Lipinski definition) is 2. The Morgan fingerprint density at radius 1 is 1.10 bits per heavy atom. The molecule has 2 aromatic carbocycles. The van der Waals surface area contributed by atoms with Gasteiger partial charge in [-0.1, -0.05) is 30.3 Å². The van der Waals surface area contributed by atoms with E-state index in [9.17, 15) is 18.0 Å². The standard InChI is InChI=1S/C21H25N3O5S/c1-30(27,28)24(16-8-3-2-4-9-16)15-20(25)23-19-12-6-5-11-18(19)21(26)22-14-17-10-7-13-29-17/h2-6,8-9,11-12,17H,7,10,13-15H2,1H3,(H,22,26)(H,23,25). The van der Waals surface area contributed by atoms with E-state index in [1.165, 1.54) is 0 Å². The van der Waals surface area contributed by atoms with E-state index in [-0.39, 0.29) is 12.0 Å². The third-order valence-corrected chi connectivity index (χ3v) is 5.83. The number of carbonyl (C=O) groups excluding carboxylic acids is 2. The minimum absolute atomic E-state index is 0.00453. The summed E-state index contributed by atoms with van der Waals surface area (Å²) in [5.74, 6) is -0.881. The summed E-state index contributed by atoms with van der Waals surface area (Å²) in [7, 11) is -3.67. The van der Waals surface area contributed by atoms with Crippen LogP contribution in [-0.4, -0.2) is 52.3 Å². The summed E-state index contributed by atoms with van der Waals surface area (Å²) in [5.41, 5.74) is 1.00. The molecule has 2 aromatic rings. The maximum atomic E-state index is 12.6. The Hall–Kier alpha value is -2.91. The van der Waals surface area contributed by atoms with Gasteiger partial charge in [-0.3, -0.25) is 13.9 Å². The Morgan fingerprint density at radius 3 is 2.47 bits per heavy atom. The minimum atomic E-state index is -3.67. The maximum Gasteiger partial charge on any atom is 0.253 e. The van der Waals surface area contributed by atoms with E-state index in [1.807, 2.05) is 0 Å². The molecule has 1 unspecified atom stereocenters. The molecule has 2 N–H and O–H groups in total. The summed E-state index contributed by atoms with van der Waals surface area (Å²) in [5, 5.41) is 5.48. The van der Waals surface area contributed by atoms with E-state index in [0.29, 0.717) is 30.1 Å². The molecule has 3 rings (SSSR count). The van der Waals surface area contributed by atoms with Crippen LogP contribution in [0.3, 0.4) is 0 Å². The number of benzene rings is 2. The number of sulfonamides is 1. The SMILES string of the molecule is CS(=O)(=O)N(CC(=O)Nc1ccccc1C(=O)NCC1CCCO1)c1ccccc1. The van der Waals surface area contributed by atoms with Gasteiger partial charge in [-0.05, 0) is 37.1 Å². The van der Waals surface area contributed by atoms with Gasteiger partial charge >= 0.3 is 0 Å². The van der Waals surface area contributed by atoms with Gasteiger partial charge in [-0.25, -0.2) is 8.42 Å². The van der Waals surface area contributed by atoms with Gasteiger partial charge < -0.3 is 15.4 Å². The van der Waals surface area contributed by atoms with E-state index < -0.39 is 22.5 Å². The average molecular weight is 432 g/mol. The average Bonchev–Trinajstić information content (AvgIpc) is 3.24. The molecular weight excluding hydrogens is 406 g/mol. The van der Waals surface area contributed by atoms with Gasteiger partial charge in [0.05, 0.1) is 29.3 Å². The molecule has 0 aromatic heterocycles. The van der Waals surface area contributed by atoms with E-state index in [2.05, 4.69) is 10.6 Å². The van der Waals surface area contributed by atoms with Crippen LogP contribution in [-0.2, 0) is 19.6 Å². The first-order valence-corrected chi connectivity index (χ1v) is 11.5. The lowest BCUT2D eigenvalue weighted by Crippen LogP contribution is -2.38. The van der Waals surface area contributed by atoms with E-state index in [0.717, 1.165) is 23.4 Å². The Bertz CT molecular complexity index is 989. The van der Waals surface area contributed by atoms with Crippen molar-refractivity contribution in [3.63, 3.8) is 0 Å². The third-order valence-electron chi connectivity index (χ3n) is 4.69. The third kappa shape index (κ3) is 5.80. The number of para-hydroxylation sites is 2. The zero-order valence-electron chi connectivity index (χ0n) is 16.7. The second-order valence-corrected chi connectivity index (χ2v) is 8.95. The summed E-state index contributed by atoms with van der Waals surface area (Å²) >= 11 is 0. The van der Waals surface area contributed by atoms with Crippen LogP contribution in [0.25, 0.3) is 0 Å². The molecule has 1 aliphatic heterocycles. The van der Waals surface area contributed by atoms with E-state index >= 15 is 0 Å². The maximum absolute atomic E-state index is 12.6. The molecule has 8 nitrogen and oxygen atoms in total. The molecule has 1 heterocycles. The van der Waals surface area contributed by atoms with E-state index in [4.69, 9.17) is 4.74 Å². The van der Waals surface area contributed by atoms with Gasteiger partial charge in [0.25, 0.3) is 5.91 Å². The lowest BCUT2D eigenvalue weighted by atomic mass is 10.1. The molecule has 1 aliphatic rings. The molecule has 0 radical (unpaired) electrons. The molecule has 0 spiro atoms. The second-order valence-electron chi connectivity index (χ2n) is 7.04. The highest BCUT2D eigenvalue weighted by molar-refractivity contribution is 7.92. The number of anilines is 2. The van der Waals surface area contributed by atoms with Gasteiger partial charge in [-0.15, -0.1) is 0 Å². The van der Waals surface area contributed by atoms with Crippen molar-refractivity contribution in [2.45, 2.75) is 18.9 Å². The van der Waals surface area contributed by atoms with Crippen molar-refractivity contribution < 1.29 is 22.7 Å². The normalized spacial score (nSPS) is 16.1. The lowest BCUT2D eigenvalue weighted by molar-refractivity contribution is -0.114. The van der Waals surface area contributed by atoms with Crippen molar-refractivity contribution in [2.24, 2.45) is 0 Å². The first-order valence-electron chi connectivity index (χ1n) is 9.66. The molecule has 1 saturated heterocycles. The van der Waals surface area contributed by atoms with Crippen LogP contribution in [0.15, 0.2) is 54.6 Å². The molecule has 0 bridgehead atoms. The van der Waals surface area contributed by atoms with Crippen LogP contribution in [0.2, 0.25) is 0 Å². The predicted molar refractivity (Wildman–Crippen MR) is 115 cm³/mol. The molecule has 0 saturated carbocycles. The first kappa shape index (κ1) is 21.8. The highest BCUT2D eigenvalue weighted by Gasteiger charge is 2.22. The summed E-state index contributed by atoms with van der Waals surface area (Å²) in [6, 6.07) is 15.0. The fraction of sp³-hybridized carbons (Fsp3) is 0.333. The number of nitrogens with one attached hydrogen (secondary N) is 2. The Morgan fingerprint density at radius 2 is 1.80 bits per heavy atom. The Labute approximate surface area is 176 Å². The summed E-state index contributed by atoms with van der Waals surface area (Å²) in [6.07, 6.45) is 2.93. The number of ether oxygens (including phenoxy) is 1. The summed E-state index contributed by atoms with van der Waals surface area (Å²) < 4.78 is 30.9. The molecule has 160 valence electrons. The minimum Gasteiger partial charge on any atom is -0.376 e. The van der Waals surface area contributed by atoms with E-state index in [1.54, 1.807) is 54.6 Å². The molecular formula is C21H25N3O5S. The largest absolute Gasteiger partial charge is 0.376 e. The van der Waals surface area contributed by atoms with Gasteiger partial charge in [0.1, 0.15) is 6.54 Å². The summed E-state index contributed by atoms with van der Waals surface area (Å²) in [6.45, 7) is 0.692. The number of carbonyl (C=O) groups is 2. The smallest absolute Gasteiger partial charge is 0.253 e. The predicted octanol–water partition coefficient (Wildman–Crippen LogP) is 2.00. The van der Waals surface area contributed by atoms with Crippen LogP contribution in [0, 0.1) is 0 Å². The zero-order chi connectivity index (χ0) is 21.6. The monoisotopic (exact) mass is 431 g/mol. The van der Waals surface area contributed by atoms with Gasteiger partial charge in [0.15, 0.2) is 0 Å². The van der Waals surface area contributed by atoms with Gasteiger partial charge in [0.2, 0.25) is 15.9 Å². The first-order chi connectivity index (χ1) is 14.3. The van der Waals surface area contributed by atoms with Crippen molar-refractivity contribution in [1.29, 1.82) is 0 Å². The van der Waals surface area contributed by atoms with Crippen molar-refractivity contribution in [3.05, 3.63) is 60.2 Å². The molecule has 30 heavy (non-hydrogen) atoms. The van der Waals surface area contributed by atoms with Crippen molar-refractivity contribution >= 4 is 33.2 Å². The molecule has 9 heteroatoms. The highest BCUT2D eigenvalue weighted by atomic mass is 32.2. The highest BCUT2D eigenvalue weighted by Crippen LogP contribution is 2.19. The summed E-state index contributed by atoms with van der Waals surface area (Å²) in [4.78, 5) is 25.2. The Kier molecular flexibility index (Phi) is 7.07. The molecule has 0 aliphatic carbocycles. The fourth-order valence-corrected chi connectivity index (χ4v) is 4.07. The second kappa shape index (κ2) is 9.73. The van der Waals surface area contributed by atoms with Gasteiger partial charge in [-0.2, -0.15) is 0 Å². The lowest BCUT2D eigenvalue weighted by Gasteiger charge is -2.22. The van der Waals surface area contributed by atoms with Crippen LogP contribution in [0.4, 0.5) is 11.4 Å². The number of nitrogens with zero attached hydrogens (tertiary/aromatic N) is 1. The number of amides is 2. The van der Waals surface area contributed by atoms with Crippen molar-refractivity contribution in [1.82, 2.24) is 5.32 Å². The quantitative estimate of drug-likeness (QED) is 0.665. The number of hydrogen-bond acceptors (Lipinski definition) is 5. The zero-order valence-corrected chi connectivity index (χ0v) is 17.5. The molecule has 1 fully saturated rings. The van der Waals surface area contributed by atoms with Crippen molar-refractivity contribution in [3.8, 4) is 0 Å². The van der Waals surface area contributed by atoms with Crippen LogP contribution in [0.1, 0.15) is 23.2 Å². The fourth-order valence-electron chi connectivity index (χ4n) is 3.21. The Balaban J connectivity index is 1.69. The van der Waals surface area contributed by atoms with Crippen LogP contribution >= 0.6 is 0 Å². The molecule has 2 amide bonds. The van der Waals surface area contributed by atoms with Crippen LogP contribution in [0.5, 0.6) is 0 Å². The topological polar surface area (TPSA) is 105 Å². The van der Waals surface area contributed by atoms with Gasteiger partial charge in [0, 0.05) is 13.2 Å². The van der Waals surface area contributed by atoms with Crippen LogP contribution < -0.4 is 14.9 Å².